The van der Waals surface area contributed by atoms with Crippen molar-refractivity contribution >= 4 is 34.5 Å². The van der Waals surface area contributed by atoms with Crippen molar-refractivity contribution in [3.05, 3.63) is 53.6 Å². The molecule has 0 radical (unpaired) electrons. The molecule has 3 heterocycles. The number of nitrogens with one attached hydrogen (secondary N) is 1. The highest BCUT2D eigenvalue weighted by Gasteiger charge is 2.55. The van der Waals surface area contributed by atoms with Crippen LogP contribution in [0.3, 0.4) is 0 Å². The maximum atomic E-state index is 13.6. The molecule has 5 rings (SSSR count). The number of rotatable bonds is 1. The summed E-state index contributed by atoms with van der Waals surface area (Å²) in [7, 11) is 0. The van der Waals surface area contributed by atoms with Gasteiger partial charge in [0.2, 0.25) is 11.6 Å². The van der Waals surface area contributed by atoms with Crippen LogP contribution in [0.2, 0.25) is 0 Å². The number of carbonyl (C=O) groups is 1. The number of aliphatic imine (C=N–C) groups is 1. The Hall–Kier alpha value is -3.35. The molecule has 1 atom stereocenters. The molecule has 2 aliphatic heterocycles. The highest BCUT2D eigenvalue weighted by molar-refractivity contribution is 6.12. The number of hydrogen-bond acceptors (Lipinski definition) is 5. The first kappa shape index (κ1) is 14.9. The maximum absolute atomic E-state index is 13.6. The van der Waals surface area contributed by atoms with Gasteiger partial charge in [0, 0.05) is 12.1 Å². The standard InChI is InChI=1S/C19H18N6O/c1-3-24-14-9-8-11(2)10-12(14)19(16(24)26)23-17(20)22-18-21-13-6-4-5-7-15(13)25(18)19/h4-10H,3H2,1-2H3,(H3,20,21,22,23). The minimum atomic E-state index is -1.27. The number of hydrogen-bond donors (Lipinski definition) is 2. The number of para-hydroxylation sites is 2. The SMILES string of the molecule is CCN1C(=O)C2(N=C(N)Nc3nc4ccccc4n32)c2cc(C)ccc21. The normalized spacial score (nSPS) is 20.9. The lowest BCUT2D eigenvalue weighted by Gasteiger charge is -2.32. The van der Waals surface area contributed by atoms with Crippen molar-refractivity contribution in [2.24, 2.45) is 10.7 Å². The van der Waals surface area contributed by atoms with E-state index in [1.165, 1.54) is 0 Å². The number of aromatic nitrogens is 2. The lowest BCUT2D eigenvalue weighted by atomic mass is 9.98. The van der Waals surface area contributed by atoms with Crippen LogP contribution in [0.4, 0.5) is 11.6 Å². The highest BCUT2D eigenvalue weighted by Crippen LogP contribution is 2.48. The summed E-state index contributed by atoms with van der Waals surface area (Å²) in [4.78, 5) is 24.7. The van der Waals surface area contributed by atoms with E-state index in [1.807, 2.05) is 60.9 Å². The van der Waals surface area contributed by atoms with Crippen LogP contribution in [0.25, 0.3) is 11.0 Å². The molecular weight excluding hydrogens is 328 g/mol. The highest BCUT2D eigenvalue weighted by atomic mass is 16.2. The van der Waals surface area contributed by atoms with Crippen molar-refractivity contribution in [2.45, 2.75) is 19.5 Å². The summed E-state index contributed by atoms with van der Waals surface area (Å²) in [5.74, 6) is 0.596. The first-order valence-electron chi connectivity index (χ1n) is 8.59. The van der Waals surface area contributed by atoms with Crippen molar-refractivity contribution in [2.75, 3.05) is 16.8 Å². The smallest absolute Gasteiger partial charge is 0.281 e. The molecule has 0 fully saturated rings. The minimum Gasteiger partial charge on any atom is -0.370 e. The number of imidazole rings is 1. The molecular formula is C19H18N6O. The molecule has 7 heteroatoms. The summed E-state index contributed by atoms with van der Waals surface area (Å²) in [6.07, 6.45) is 0. The third-order valence-corrected chi connectivity index (χ3v) is 5.08. The van der Waals surface area contributed by atoms with Gasteiger partial charge in [-0.3, -0.25) is 14.7 Å². The Morgan fingerprint density at radius 3 is 2.85 bits per heavy atom. The Bertz CT molecular complexity index is 1110. The fraction of sp³-hybridized carbons (Fsp3) is 0.211. The molecule has 0 bridgehead atoms. The van der Waals surface area contributed by atoms with Crippen molar-refractivity contribution in [3.63, 3.8) is 0 Å². The topological polar surface area (TPSA) is 88.5 Å². The van der Waals surface area contributed by atoms with Crippen molar-refractivity contribution < 1.29 is 4.79 Å². The number of anilines is 2. The number of amides is 1. The van der Waals surface area contributed by atoms with Crippen LogP contribution in [-0.2, 0) is 10.5 Å². The van der Waals surface area contributed by atoms with Gasteiger partial charge in [0.25, 0.3) is 5.91 Å². The summed E-state index contributed by atoms with van der Waals surface area (Å²) >= 11 is 0. The zero-order valence-corrected chi connectivity index (χ0v) is 14.5. The molecule has 3 N–H and O–H groups in total. The van der Waals surface area contributed by atoms with Gasteiger partial charge in [-0.2, -0.15) is 0 Å². The number of aryl methyl sites for hydroxylation is 1. The minimum absolute atomic E-state index is 0.116. The first-order valence-corrected chi connectivity index (χ1v) is 8.59. The van der Waals surface area contributed by atoms with Gasteiger partial charge < -0.3 is 10.6 Å². The quantitative estimate of drug-likeness (QED) is 0.707. The molecule has 130 valence electrons. The summed E-state index contributed by atoms with van der Waals surface area (Å²) < 4.78 is 1.87. The number of carbonyl (C=O) groups excluding carboxylic acids is 1. The molecule has 2 aliphatic rings. The Kier molecular flexibility index (Phi) is 2.79. The molecule has 0 aliphatic carbocycles. The molecule has 3 aromatic rings. The van der Waals surface area contributed by atoms with Crippen LogP contribution >= 0.6 is 0 Å². The number of benzene rings is 2. The Morgan fingerprint density at radius 1 is 1.23 bits per heavy atom. The fourth-order valence-electron chi connectivity index (χ4n) is 4.02. The van der Waals surface area contributed by atoms with Gasteiger partial charge in [-0.25, -0.2) is 9.98 Å². The van der Waals surface area contributed by atoms with Gasteiger partial charge >= 0.3 is 0 Å². The summed E-state index contributed by atoms with van der Waals surface area (Å²) in [5.41, 5.74) is 9.21. The summed E-state index contributed by atoms with van der Waals surface area (Å²) in [6.45, 7) is 4.53. The van der Waals surface area contributed by atoms with Crippen LogP contribution in [0.5, 0.6) is 0 Å². The monoisotopic (exact) mass is 346 g/mol. The molecule has 1 spiro atoms. The van der Waals surface area contributed by atoms with Gasteiger partial charge in [-0.1, -0.05) is 23.8 Å². The van der Waals surface area contributed by atoms with E-state index in [-0.39, 0.29) is 11.9 Å². The predicted octanol–water partition coefficient (Wildman–Crippen LogP) is 2.15. The zero-order valence-electron chi connectivity index (χ0n) is 14.5. The van der Waals surface area contributed by atoms with E-state index in [1.54, 1.807) is 4.90 Å². The Labute approximate surface area is 150 Å². The Balaban J connectivity index is 1.94. The van der Waals surface area contributed by atoms with E-state index >= 15 is 0 Å². The zero-order chi connectivity index (χ0) is 18.1. The average Bonchev–Trinajstić information content (AvgIpc) is 3.09. The predicted molar refractivity (Wildman–Crippen MR) is 101 cm³/mol. The number of nitrogens with two attached hydrogens (primary N) is 1. The van der Waals surface area contributed by atoms with Crippen molar-refractivity contribution in [1.29, 1.82) is 0 Å². The molecule has 26 heavy (non-hydrogen) atoms. The second-order valence-electron chi connectivity index (χ2n) is 6.62. The van der Waals surface area contributed by atoms with Crippen LogP contribution in [0.15, 0.2) is 47.5 Å². The number of fused-ring (bicyclic) bond motifs is 6. The van der Waals surface area contributed by atoms with Gasteiger partial charge in [-0.05, 0) is 38.1 Å². The van der Waals surface area contributed by atoms with E-state index < -0.39 is 5.66 Å². The largest absolute Gasteiger partial charge is 0.370 e. The van der Waals surface area contributed by atoms with Gasteiger partial charge in [0.15, 0.2) is 5.96 Å². The lowest BCUT2D eigenvalue weighted by Crippen LogP contribution is -2.49. The lowest BCUT2D eigenvalue weighted by molar-refractivity contribution is -0.123. The second kappa shape index (κ2) is 4.85. The molecule has 1 aromatic heterocycles. The van der Waals surface area contributed by atoms with E-state index in [0.717, 1.165) is 27.8 Å². The number of guanidine groups is 1. The fourth-order valence-corrected chi connectivity index (χ4v) is 4.02. The van der Waals surface area contributed by atoms with Crippen LogP contribution in [0.1, 0.15) is 18.1 Å². The third kappa shape index (κ3) is 1.64. The van der Waals surface area contributed by atoms with Crippen LogP contribution in [0, 0.1) is 6.92 Å². The molecule has 1 unspecified atom stereocenters. The summed E-state index contributed by atoms with van der Waals surface area (Å²) in [6, 6.07) is 13.7. The maximum Gasteiger partial charge on any atom is 0.281 e. The molecule has 7 nitrogen and oxygen atoms in total. The molecule has 0 saturated carbocycles. The molecule has 1 amide bonds. The van der Waals surface area contributed by atoms with E-state index in [9.17, 15) is 4.79 Å². The van der Waals surface area contributed by atoms with E-state index in [2.05, 4.69) is 15.3 Å². The van der Waals surface area contributed by atoms with Gasteiger partial charge in [-0.15, -0.1) is 0 Å². The molecule has 0 saturated heterocycles. The number of nitrogens with zero attached hydrogens (tertiary/aromatic N) is 4. The van der Waals surface area contributed by atoms with Gasteiger partial charge in [0.1, 0.15) is 0 Å². The van der Waals surface area contributed by atoms with Crippen LogP contribution in [-0.4, -0.2) is 28.0 Å². The van der Waals surface area contributed by atoms with Crippen molar-refractivity contribution in [3.8, 4) is 0 Å². The van der Waals surface area contributed by atoms with Crippen LogP contribution < -0.4 is 16.0 Å². The summed E-state index contributed by atoms with van der Waals surface area (Å²) in [5, 5.41) is 3.01. The molecule has 2 aromatic carbocycles. The third-order valence-electron chi connectivity index (χ3n) is 5.08. The van der Waals surface area contributed by atoms with E-state index in [0.29, 0.717) is 12.5 Å². The average molecular weight is 346 g/mol. The Morgan fingerprint density at radius 2 is 2.04 bits per heavy atom. The van der Waals surface area contributed by atoms with Gasteiger partial charge in [0.05, 0.1) is 16.7 Å². The van der Waals surface area contributed by atoms with Crippen molar-refractivity contribution in [1.82, 2.24) is 9.55 Å². The first-order chi connectivity index (χ1) is 12.6. The van der Waals surface area contributed by atoms with E-state index in [4.69, 9.17) is 5.73 Å². The second-order valence-corrected chi connectivity index (χ2v) is 6.62. The number of likely N-dealkylation sites (N-methyl/N-ethyl adjacent to an activating group) is 1.